The third-order valence-corrected chi connectivity index (χ3v) is 0.805. The van der Waals surface area contributed by atoms with Gasteiger partial charge >= 0.3 is 0 Å². The molecule has 1 radical (unpaired) electrons. The van der Waals surface area contributed by atoms with Gasteiger partial charge in [0.2, 0.25) is 0 Å². The fourth-order valence-corrected chi connectivity index (χ4v) is 0.465. The van der Waals surface area contributed by atoms with Crippen LogP contribution in [0.15, 0.2) is 6.33 Å². The van der Waals surface area contributed by atoms with E-state index in [2.05, 4.69) is 10.1 Å². The van der Waals surface area contributed by atoms with E-state index in [4.69, 9.17) is 5.73 Å². The summed E-state index contributed by atoms with van der Waals surface area (Å²) in [7, 11) is 1.78. The quantitative estimate of drug-likeness (QED) is 0.495. The molecule has 1 aromatic rings. The fraction of sp³-hybridized carbons (Fsp3) is 0.500. The standard InChI is InChI=1S/C4H7N4/c1-8-3-6-4(2-5)7-8/h3,5H,2H2,1H3. The van der Waals surface area contributed by atoms with Crippen molar-refractivity contribution in [3.8, 4) is 0 Å². The topological polar surface area (TPSA) is 54.5 Å². The summed E-state index contributed by atoms with van der Waals surface area (Å²) < 4.78 is 1.59. The molecule has 0 spiro atoms. The summed E-state index contributed by atoms with van der Waals surface area (Å²) in [5, 5.41) is 3.85. The first-order chi connectivity index (χ1) is 3.83. The molecule has 4 heteroatoms. The second-order valence-electron chi connectivity index (χ2n) is 1.51. The number of aromatic nitrogens is 3. The summed E-state index contributed by atoms with van der Waals surface area (Å²) in [5.74, 6) is 0.576. The zero-order chi connectivity index (χ0) is 5.98. The average molecular weight is 111 g/mol. The molecule has 0 saturated carbocycles. The van der Waals surface area contributed by atoms with Gasteiger partial charge in [0.05, 0.1) is 6.54 Å². The number of aryl methyl sites for hydroxylation is 1. The van der Waals surface area contributed by atoms with E-state index < -0.39 is 0 Å². The highest BCUT2D eigenvalue weighted by atomic mass is 15.3. The smallest absolute Gasteiger partial charge is 0.165 e. The van der Waals surface area contributed by atoms with E-state index in [-0.39, 0.29) is 6.54 Å². The van der Waals surface area contributed by atoms with Gasteiger partial charge in [0.1, 0.15) is 6.33 Å². The van der Waals surface area contributed by atoms with Crippen LogP contribution >= 0.6 is 0 Å². The van der Waals surface area contributed by atoms with Crippen LogP contribution in [0.2, 0.25) is 0 Å². The second kappa shape index (κ2) is 1.92. The molecule has 0 aliphatic carbocycles. The lowest BCUT2D eigenvalue weighted by atomic mass is 10.6. The molecule has 8 heavy (non-hydrogen) atoms. The van der Waals surface area contributed by atoms with E-state index in [0.717, 1.165) is 0 Å². The monoisotopic (exact) mass is 111 g/mol. The molecule has 1 aromatic heterocycles. The van der Waals surface area contributed by atoms with Crippen LogP contribution < -0.4 is 5.73 Å². The van der Waals surface area contributed by atoms with Crippen molar-refractivity contribution < 1.29 is 0 Å². The highest BCUT2D eigenvalue weighted by molar-refractivity contribution is 4.77. The van der Waals surface area contributed by atoms with Crippen LogP contribution in [-0.4, -0.2) is 14.8 Å². The van der Waals surface area contributed by atoms with E-state index in [9.17, 15) is 0 Å². The maximum absolute atomic E-state index is 6.82. The fourth-order valence-electron chi connectivity index (χ4n) is 0.465. The Morgan fingerprint density at radius 2 is 2.62 bits per heavy atom. The number of rotatable bonds is 1. The van der Waals surface area contributed by atoms with E-state index in [1.165, 1.54) is 0 Å². The Morgan fingerprint density at radius 1 is 1.88 bits per heavy atom. The summed E-state index contributed by atoms with van der Waals surface area (Å²) in [5.41, 5.74) is 6.82. The lowest BCUT2D eigenvalue weighted by Gasteiger charge is -1.80. The van der Waals surface area contributed by atoms with Gasteiger partial charge in [0, 0.05) is 7.05 Å². The molecule has 0 atom stereocenters. The molecule has 0 bridgehead atoms. The Hall–Kier alpha value is -0.900. The maximum atomic E-state index is 6.82. The molecule has 0 aliphatic heterocycles. The Balaban J connectivity index is 2.84. The van der Waals surface area contributed by atoms with E-state index >= 15 is 0 Å². The van der Waals surface area contributed by atoms with Crippen LogP contribution in [0.3, 0.4) is 0 Å². The Morgan fingerprint density at radius 3 is 2.88 bits per heavy atom. The molecule has 0 aliphatic rings. The van der Waals surface area contributed by atoms with Crippen LogP contribution in [0.1, 0.15) is 5.82 Å². The SMILES string of the molecule is Cn1cnc(C[NH])n1. The summed E-state index contributed by atoms with van der Waals surface area (Å²) >= 11 is 0. The van der Waals surface area contributed by atoms with Crippen molar-refractivity contribution in [2.24, 2.45) is 7.05 Å². The van der Waals surface area contributed by atoms with Gasteiger partial charge in [-0.15, -0.1) is 0 Å². The van der Waals surface area contributed by atoms with Crippen molar-refractivity contribution in [1.82, 2.24) is 20.5 Å². The lowest BCUT2D eigenvalue weighted by molar-refractivity contribution is 0.740. The minimum absolute atomic E-state index is 0.167. The highest BCUT2D eigenvalue weighted by Gasteiger charge is 1.90. The van der Waals surface area contributed by atoms with Gasteiger partial charge in [-0.05, 0) is 0 Å². The zero-order valence-electron chi connectivity index (χ0n) is 4.63. The first-order valence-electron chi connectivity index (χ1n) is 2.32. The van der Waals surface area contributed by atoms with Crippen LogP contribution in [-0.2, 0) is 13.6 Å². The third-order valence-electron chi connectivity index (χ3n) is 0.805. The molecular formula is C4H7N4. The van der Waals surface area contributed by atoms with Crippen molar-refractivity contribution in [3.63, 3.8) is 0 Å². The summed E-state index contributed by atoms with van der Waals surface area (Å²) in [6.45, 7) is 0.167. The molecule has 0 fully saturated rings. The third kappa shape index (κ3) is 0.840. The van der Waals surface area contributed by atoms with Gasteiger partial charge in [-0.2, -0.15) is 5.10 Å². The second-order valence-corrected chi connectivity index (χ2v) is 1.51. The predicted molar refractivity (Wildman–Crippen MR) is 27.8 cm³/mol. The summed E-state index contributed by atoms with van der Waals surface area (Å²) in [4.78, 5) is 3.80. The molecular weight excluding hydrogens is 104 g/mol. The van der Waals surface area contributed by atoms with Crippen LogP contribution in [0.5, 0.6) is 0 Å². The summed E-state index contributed by atoms with van der Waals surface area (Å²) in [6.07, 6.45) is 1.59. The zero-order valence-corrected chi connectivity index (χ0v) is 4.63. The number of hydrogen-bond donors (Lipinski definition) is 0. The van der Waals surface area contributed by atoms with E-state index in [1.54, 1.807) is 18.1 Å². The molecule has 0 unspecified atom stereocenters. The van der Waals surface area contributed by atoms with Gasteiger partial charge in [0.15, 0.2) is 5.82 Å². The highest BCUT2D eigenvalue weighted by Crippen LogP contribution is 1.83. The van der Waals surface area contributed by atoms with Crippen molar-refractivity contribution in [2.45, 2.75) is 6.54 Å². The average Bonchev–Trinajstić information content (AvgIpc) is 2.14. The van der Waals surface area contributed by atoms with E-state index in [1.807, 2.05) is 0 Å². The van der Waals surface area contributed by atoms with Crippen molar-refractivity contribution in [1.29, 1.82) is 0 Å². The molecule has 0 aromatic carbocycles. The molecule has 0 saturated heterocycles. The Bertz CT molecular complexity index is 168. The Kier molecular flexibility index (Phi) is 1.26. The minimum Gasteiger partial charge on any atom is -0.256 e. The molecule has 0 amide bonds. The molecule has 4 nitrogen and oxygen atoms in total. The number of hydrogen-bond acceptors (Lipinski definition) is 2. The molecule has 1 N–H and O–H groups in total. The van der Waals surface area contributed by atoms with Gasteiger partial charge < -0.3 is 0 Å². The first kappa shape index (κ1) is 5.24. The molecule has 1 heterocycles. The van der Waals surface area contributed by atoms with Gasteiger partial charge in [-0.25, -0.2) is 10.7 Å². The molecule has 43 valence electrons. The lowest BCUT2D eigenvalue weighted by Crippen LogP contribution is -1.91. The van der Waals surface area contributed by atoms with E-state index in [0.29, 0.717) is 5.82 Å². The number of nitrogens with zero attached hydrogens (tertiary/aromatic N) is 3. The van der Waals surface area contributed by atoms with Crippen molar-refractivity contribution in [3.05, 3.63) is 12.2 Å². The summed E-state index contributed by atoms with van der Waals surface area (Å²) in [6, 6.07) is 0. The first-order valence-corrected chi connectivity index (χ1v) is 2.32. The van der Waals surface area contributed by atoms with Crippen molar-refractivity contribution in [2.75, 3.05) is 0 Å². The van der Waals surface area contributed by atoms with Gasteiger partial charge in [-0.1, -0.05) is 0 Å². The molecule has 1 rings (SSSR count). The minimum atomic E-state index is 0.167. The largest absolute Gasteiger partial charge is 0.256 e. The predicted octanol–water partition coefficient (Wildman–Crippen LogP) is -0.402. The van der Waals surface area contributed by atoms with Crippen LogP contribution in [0, 0.1) is 0 Å². The van der Waals surface area contributed by atoms with Crippen LogP contribution in [0.4, 0.5) is 0 Å². The number of nitrogens with one attached hydrogen (secondary N) is 1. The Labute approximate surface area is 47.3 Å². The van der Waals surface area contributed by atoms with Crippen LogP contribution in [0.25, 0.3) is 0 Å². The maximum Gasteiger partial charge on any atom is 0.165 e. The van der Waals surface area contributed by atoms with Gasteiger partial charge in [-0.3, -0.25) is 4.68 Å². The normalized spacial score (nSPS) is 9.75. The van der Waals surface area contributed by atoms with Gasteiger partial charge in [0.25, 0.3) is 0 Å². The van der Waals surface area contributed by atoms with Crippen molar-refractivity contribution >= 4 is 0 Å².